The van der Waals surface area contributed by atoms with E-state index in [0.717, 1.165) is 50.4 Å². The van der Waals surface area contributed by atoms with Crippen molar-refractivity contribution >= 4 is 64.2 Å². The molecule has 0 spiro atoms. The Bertz CT molecular complexity index is 3230. The molecule has 54 heavy (non-hydrogen) atoms. The van der Waals surface area contributed by atoms with Gasteiger partial charge in [-0.05, 0) is 70.8 Å². The molecule has 4 heteroatoms. The van der Waals surface area contributed by atoms with Gasteiger partial charge in [-0.25, -0.2) is 9.97 Å². The van der Waals surface area contributed by atoms with Crippen LogP contribution in [0.15, 0.2) is 188 Å². The Labute approximate surface area is 316 Å². The number of aromatic nitrogens is 3. The lowest BCUT2D eigenvalue weighted by Crippen LogP contribution is -1.96. The normalized spacial score (nSPS) is 11.7. The van der Waals surface area contributed by atoms with Crippen LogP contribution < -0.4 is 0 Å². The molecule has 3 aromatic heterocycles. The summed E-state index contributed by atoms with van der Waals surface area (Å²) in [7, 11) is 0. The quantitative estimate of drug-likeness (QED) is 0.178. The molecule has 0 N–H and O–H groups in total. The Balaban J connectivity index is 1.02. The highest BCUT2D eigenvalue weighted by Crippen LogP contribution is 2.42. The Morgan fingerprint density at radius 3 is 1.96 bits per heavy atom. The van der Waals surface area contributed by atoms with E-state index >= 15 is 0 Å². The summed E-state index contributed by atoms with van der Waals surface area (Å²) in [5.74, 6) is 0.718. The van der Waals surface area contributed by atoms with Crippen molar-refractivity contribution in [2.75, 3.05) is 0 Å². The van der Waals surface area contributed by atoms with Crippen LogP contribution in [-0.4, -0.2) is 14.5 Å². The van der Waals surface area contributed by atoms with Crippen molar-refractivity contribution in [3.05, 3.63) is 188 Å². The van der Waals surface area contributed by atoms with E-state index in [1.165, 1.54) is 53.1 Å². The van der Waals surface area contributed by atoms with Gasteiger partial charge in [-0.15, -0.1) is 11.3 Å². The van der Waals surface area contributed by atoms with Crippen LogP contribution in [0.4, 0.5) is 0 Å². The molecule has 0 bridgehead atoms. The van der Waals surface area contributed by atoms with Crippen LogP contribution in [-0.2, 0) is 0 Å². The minimum Gasteiger partial charge on any atom is -0.309 e. The van der Waals surface area contributed by atoms with Crippen molar-refractivity contribution in [2.45, 2.75) is 0 Å². The van der Waals surface area contributed by atoms with Crippen LogP contribution in [0, 0.1) is 0 Å². The van der Waals surface area contributed by atoms with E-state index in [-0.39, 0.29) is 0 Å². The lowest BCUT2D eigenvalue weighted by atomic mass is 10.0. The SMILES string of the molecule is c1ccc(-c2nc(-c3cccc(-c4cccc(-n5c6ccccc6c6cc(-c7cccc8c7sc7ccccc78)ccc65)c4)c3)nc3ccccc23)cc1. The first kappa shape index (κ1) is 30.7. The third-order valence-electron chi connectivity index (χ3n) is 10.6. The van der Waals surface area contributed by atoms with Crippen LogP contribution in [0.3, 0.4) is 0 Å². The maximum atomic E-state index is 5.14. The number of thiophene rings is 1. The largest absolute Gasteiger partial charge is 0.309 e. The predicted octanol–water partition coefficient (Wildman–Crippen LogP) is 13.8. The summed E-state index contributed by atoms with van der Waals surface area (Å²) < 4.78 is 5.06. The van der Waals surface area contributed by atoms with Crippen molar-refractivity contribution in [1.82, 2.24) is 14.5 Å². The Morgan fingerprint density at radius 1 is 0.389 bits per heavy atom. The first-order valence-electron chi connectivity index (χ1n) is 18.2. The first-order valence-corrected chi connectivity index (χ1v) is 19.1. The Morgan fingerprint density at radius 2 is 1.06 bits per heavy atom. The smallest absolute Gasteiger partial charge is 0.160 e. The van der Waals surface area contributed by atoms with Crippen LogP contribution in [0.5, 0.6) is 0 Å². The van der Waals surface area contributed by atoms with Gasteiger partial charge < -0.3 is 4.57 Å². The van der Waals surface area contributed by atoms with Crippen LogP contribution in [0.2, 0.25) is 0 Å². The summed E-state index contributed by atoms with van der Waals surface area (Å²) in [4.78, 5) is 10.2. The van der Waals surface area contributed by atoms with Crippen LogP contribution in [0.1, 0.15) is 0 Å². The van der Waals surface area contributed by atoms with E-state index in [4.69, 9.17) is 9.97 Å². The molecule has 0 aliphatic rings. The molecule has 0 amide bonds. The predicted molar refractivity (Wildman–Crippen MR) is 229 cm³/mol. The minimum absolute atomic E-state index is 0.718. The average Bonchev–Trinajstić information content (AvgIpc) is 3.79. The molecule has 0 saturated carbocycles. The molecule has 0 fully saturated rings. The molecule has 0 aliphatic carbocycles. The Hall–Kier alpha value is -6.88. The second-order valence-electron chi connectivity index (χ2n) is 13.8. The standard InChI is InChI=1S/C50H31N3S/c1-2-13-32(14-3-1)48-42-21-4-7-24-44(42)51-50(52-48)36-17-10-15-33(29-36)34-16-11-18-37(30-34)53-45-25-8-5-19-39(45)43-31-35(27-28-46(43)53)38-22-12-23-41-40-20-6-9-26-47(40)54-49(38)41/h1-31H. The zero-order valence-corrected chi connectivity index (χ0v) is 30.0. The minimum atomic E-state index is 0.718. The van der Waals surface area contributed by atoms with Gasteiger partial charge in [-0.2, -0.15) is 0 Å². The highest BCUT2D eigenvalue weighted by Gasteiger charge is 2.17. The second kappa shape index (κ2) is 12.4. The van der Waals surface area contributed by atoms with Gasteiger partial charge in [-0.1, -0.05) is 140 Å². The maximum Gasteiger partial charge on any atom is 0.160 e. The molecule has 0 unspecified atom stereocenters. The van der Waals surface area contributed by atoms with Gasteiger partial charge in [0.15, 0.2) is 5.82 Å². The molecule has 0 radical (unpaired) electrons. The van der Waals surface area contributed by atoms with Crippen molar-refractivity contribution in [3.63, 3.8) is 0 Å². The Kier molecular flexibility index (Phi) is 7.04. The van der Waals surface area contributed by atoms with Gasteiger partial charge in [0.2, 0.25) is 0 Å². The van der Waals surface area contributed by atoms with E-state index in [0.29, 0.717) is 0 Å². The third kappa shape index (κ3) is 4.96. The summed E-state index contributed by atoms with van der Waals surface area (Å²) in [6, 6.07) is 67.3. The van der Waals surface area contributed by atoms with Crippen LogP contribution >= 0.6 is 11.3 Å². The summed E-state index contributed by atoms with van der Waals surface area (Å²) in [6.45, 7) is 0. The van der Waals surface area contributed by atoms with Crippen molar-refractivity contribution in [3.8, 4) is 50.6 Å². The van der Waals surface area contributed by atoms with Crippen LogP contribution in [0.25, 0.3) is 103 Å². The van der Waals surface area contributed by atoms with E-state index in [1.807, 2.05) is 23.5 Å². The number of fused-ring (bicyclic) bond motifs is 7. The van der Waals surface area contributed by atoms with Gasteiger partial charge in [-0.3, -0.25) is 0 Å². The van der Waals surface area contributed by atoms with Gasteiger partial charge in [0.1, 0.15) is 0 Å². The number of hydrogen-bond donors (Lipinski definition) is 0. The number of benzene rings is 8. The van der Waals surface area contributed by atoms with Gasteiger partial charge in [0.25, 0.3) is 0 Å². The number of para-hydroxylation sites is 2. The highest BCUT2D eigenvalue weighted by atomic mass is 32.1. The lowest BCUT2D eigenvalue weighted by molar-refractivity contribution is 1.18. The van der Waals surface area contributed by atoms with Gasteiger partial charge in [0.05, 0.1) is 22.2 Å². The molecule has 8 aromatic carbocycles. The molecule has 0 saturated heterocycles. The summed E-state index contributed by atoms with van der Waals surface area (Å²) in [6.07, 6.45) is 0. The van der Waals surface area contributed by atoms with E-state index in [1.54, 1.807) is 0 Å². The third-order valence-corrected chi connectivity index (χ3v) is 11.8. The fraction of sp³-hybridized carbons (Fsp3) is 0. The molecule has 11 aromatic rings. The maximum absolute atomic E-state index is 5.14. The average molecular weight is 706 g/mol. The number of nitrogens with zero attached hydrogens (tertiary/aromatic N) is 3. The second-order valence-corrected chi connectivity index (χ2v) is 14.8. The van der Waals surface area contributed by atoms with E-state index < -0.39 is 0 Å². The van der Waals surface area contributed by atoms with E-state index in [9.17, 15) is 0 Å². The zero-order chi connectivity index (χ0) is 35.6. The lowest BCUT2D eigenvalue weighted by Gasteiger charge is -2.12. The topological polar surface area (TPSA) is 30.7 Å². The molecule has 0 atom stereocenters. The molecule has 252 valence electrons. The molecule has 11 rings (SSSR count). The van der Waals surface area contributed by atoms with Crippen molar-refractivity contribution in [1.29, 1.82) is 0 Å². The molecular weight excluding hydrogens is 675 g/mol. The molecule has 3 nitrogen and oxygen atoms in total. The fourth-order valence-electron chi connectivity index (χ4n) is 8.08. The highest BCUT2D eigenvalue weighted by molar-refractivity contribution is 7.26. The fourth-order valence-corrected chi connectivity index (χ4v) is 9.32. The van der Waals surface area contributed by atoms with Crippen molar-refractivity contribution in [2.24, 2.45) is 0 Å². The summed E-state index contributed by atoms with van der Waals surface area (Å²) in [5, 5.41) is 6.18. The van der Waals surface area contributed by atoms with E-state index in [2.05, 4.69) is 180 Å². The molecule has 0 aliphatic heterocycles. The van der Waals surface area contributed by atoms with Gasteiger partial charge >= 0.3 is 0 Å². The zero-order valence-electron chi connectivity index (χ0n) is 29.1. The number of hydrogen-bond acceptors (Lipinski definition) is 3. The molecular formula is C50H31N3S. The number of rotatable bonds is 5. The molecule has 3 heterocycles. The first-order chi connectivity index (χ1) is 26.8. The van der Waals surface area contributed by atoms with Crippen molar-refractivity contribution < 1.29 is 0 Å². The summed E-state index contributed by atoms with van der Waals surface area (Å²) >= 11 is 1.88. The van der Waals surface area contributed by atoms with Gasteiger partial charge in [0, 0.05) is 53.1 Å². The summed E-state index contributed by atoms with van der Waals surface area (Å²) in [5.41, 5.74) is 12.2. The monoisotopic (exact) mass is 705 g/mol.